The van der Waals surface area contributed by atoms with Gasteiger partial charge in [-0.15, -0.1) is 0 Å². The van der Waals surface area contributed by atoms with Gasteiger partial charge in [0.15, 0.2) is 18.1 Å². The molecular weight excluding hydrogens is 318 g/mol. The van der Waals surface area contributed by atoms with E-state index in [2.05, 4.69) is 11.8 Å². The largest absolute Gasteiger partial charge is 0.493 e. The average Bonchev–Trinajstić information content (AvgIpc) is 3.24. The Labute approximate surface area is 149 Å². The molecule has 1 aromatic carbocycles. The summed E-state index contributed by atoms with van der Waals surface area (Å²) in [5, 5.41) is 0. The molecule has 0 spiro atoms. The Balaban J connectivity index is 1.58. The number of hydrogen-bond acceptors (Lipinski definition) is 5. The zero-order valence-corrected chi connectivity index (χ0v) is 15.2. The first kappa shape index (κ1) is 18.0. The fourth-order valence-corrected chi connectivity index (χ4v) is 3.61. The zero-order chi connectivity index (χ0) is 17.8. The first-order valence-corrected chi connectivity index (χ1v) is 9.12. The van der Waals surface area contributed by atoms with E-state index in [-0.39, 0.29) is 18.6 Å². The summed E-state index contributed by atoms with van der Waals surface area (Å²) < 4.78 is 11.2. The Hall–Kier alpha value is -1.79. The van der Waals surface area contributed by atoms with Crippen molar-refractivity contribution in [1.29, 1.82) is 0 Å². The number of carbonyl (C=O) groups excluding carboxylic acids is 1. The minimum atomic E-state index is 0.0451. The molecule has 138 valence electrons. The first-order chi connectivity index (χ1) is 12.1. The topological polar surface area (TPSA) is 68.0 Å². The van der Waals surface area contributed by atoms with Gasteiger partial charge in [0.2, 0.25) is 0 Å². The van der Waals surface area contributed by atoms with Crippen LogP contribution in [0.4, 0.5) is 0 Å². The molecular formula is C19H29N3O3. The summed E-state index contributed by atoms with van der Waals surface area (Å²) in [6.45, 7) is 6.73. The quantitative estimate of drug-likeness (QED) is 0.844. The second kappa shape index (κ2) is 8.06. The van der Waals surface area contributed by atoms with Gasteiger partial charge < -0.3 is 20.1 Å². The van der Waals surface area contributed by atoms with Crippen LogP contribution in [0, 0.1) is 5.92 Å². The van der Waals surface area contributed by atoms with Crippen molar-refractivity contribution in [3.05, 3.63) is 23.8 Å². The van der Waals surface area contributed by atoms with Gasteiger partial charge in [0, 0.05) is 38.8 Å². The maximum Gasteiger partial charge on any atom is 0.260 e. The van der Waals surface area contributed by atoms with E-state index in [9.17, 15) is 4.79 Å². The number of methoxy groups -OCH3 is 1. The summed E-state index contributed by atoms with van der Waals surface area (Å²) >= 11 is 0. The fourth-order valence-electron chi connectivity index (χ4n) is 3.61. The van der Waals surface area contributed by atoms with Gasteiger partial charge in [0.1, 0.15) is 0 Å². The van der Waals surface area contributed by atoms with Crippen molar-refractivity contribution >= 4 is 5.91 Å². The minimum absolute atomic E-state index is 0.0451. The van der Waals surface area contributed by atoms with E-state index in [1.54, 1.807) is 7.11 Å². The lowest BCUT2D eigenvalue weighted by Gasteiger charge is -2.18. The molecule has 25 heavy (non-hydrogen) atoms. The third kappa shape index (κ3) is 4.44. The average molecular weight is 347 g/mol. The number of nitrogens with two attached hydrogens (primary N) is 1. The smallest absolute Gasteiger partial charge is 0.260 e. The Morgan fingerprint density at radius 1 is 1.24 bits per heavy atom. The highest BCUT2D eigenvalue weighted by Gasteiger charge is 2.26. The first-order valence-electron chi connectivity index (χ1n) is 9.12. The van der Waals surface area contributed by atoms with Crippen LogP contribution in [-0.2, 0) is 11.3 Å². The third-order valence-electron chi connectivity index (χ3n) is 5.19. The molecule has 2 aliphatic heterocycles. The summed E-state index contributed by atoms with van der Waals surface area (Å²) in [5.74, 6) is 1.86. The molecule has 6 nitrogen and oxygen atoms in total. The summed E-state index contributed by atoms with van der Waals surface area (Å²) in [4.78, 5) is 16.3. The van der Waals surface area contributed by atoms with Gasteiger partial charge in [-0.25, -0.2) is 0 Å². The molecule has 2 unspecified atom stereocenters. The molecule has 2 heterocycles. The molecule has 1 amide bonds. The highest BCUT2D eigenvalue weighted by molar-refractivity contribution is 5.78. The van der Waals surface area contributed by atoms with Gasteiger partial charge in [-0.05, 0) is 36.5 Å². The minimum Gasteiger partial charge on any atom is -0.493 e. The maximum atomic E-state index is 12.1. The molecule has 0 saturated carbocycles. The van der Waals surface area contributed by atoms with E-state index in [1.165, 1.54) is 0 Å². The lowest BCUT2D eigenvalue weighted by molar-refractivity contribution is -0.132. The summed E-state index contributed by atoms with van der Waals surface area (Å²) in [7, 11) is 1.63. The molecule has 3 rings (SSSR count). The van der Waals surface area contributed by atoms with Gasteiger partial charge in [-0.1, -0.05) is 13.0 Å². The highest BCUT2D eigenvalue weighted by atomic mass is 16.5. The van der Waals surface area contributed by atoms with Crippen LogP contribution in [0.5, 0.6) is 11.5 Å². The Morgan fingerprint density at radius 2 is 2.00 bits per heavy atom. The van der Waals surface area contributed by atoms with E-state index < -0.39 is 0 Å². The molecule has 0 bridgehead atoms. The molecule has 2 atom stereocenters. The van der Waals surface area contributed by atoms with Crippen molar-refractivity contribution in [2.45, 2.75) is 32.4 Å². The Kier molecular flexibility index (Phi) is 5.81. The molecule has 0 radical (unpaired) electrons. The highest BCUT2D eigenvalue weighted by Crippen LogP contribution is 2.29. The predicted molar refractivity (Wildman–Crippen MR) is 96.7 cm³/mol. The summed E-state index contributed by atoms with van der Waals surface area (Å²) in [6, 6.07) is 6.17. The third-order valence-corrected chi connectivity index (χ3v) is 5.19. The van der Waals surface area contributed by atoms with Crippen LogP contribution in [-0.4, -0.2) is 61.6 Å². The van der Waals surface area contributed by atoms with Crippen LogP contribution in [0.15, 0.2) is 18.2 Å². The monoisotopic (exact) mass is 347 g/mol. The molecule has 2 N–H and O–H groups in total. The summed E-state index contributed by atoms with van der Waals surface area (Å²) in [6.07, 6.45) is 2.17. The normalized spacial score (nSPS) is 23.9. The molecule has 2 aliphatic rings. The predicted octanol–water partition coefficient (Wildman–Crippen LogP) is 1.48. The van der Waals surface area contributed by atoms with Crippen LogP contribution >= 0.6 is 0 Å². The van der Waals surface area contributed by atoms with Crippen LogP contribution in [0.2, 0.25) is 0 Å². The lowest BCUT2D eigenvalue weighted by Crippen LogP contribution is -2.32. The fraction of sp³-hybridized carbons (Fsp3) is 0.632. The number of nitrogens with zero attached hydrogens (tertiary/aromatic N) is 2. The van der Waals surface area contributed by atoms with E-state index >= 15 is 0 Å². The van der Waals surface area contributed by atoms with Crippen molar-refractivity contribution < 1.29 is 14.3 Å². The number of hydrogen-bond donors (Lipinski definition) is 1. The molecule has 2 fully saturated rings. The summed E-state index contributed by atoms with van der Waals surface area (Å²) in [5.41, 5.74) is 7.26. The number of ether oxygens (including phenoxy) is 2. The maximum absolute atomic E-state index is 12.1. The van der Waals surface area contributed by atoms with Crippen LogP contribution in [0.3, 0.4) is 0 Å². The van der Waals surface area contributed by atoms with Crippen molar-refractivity contribution in [1.82, 2.24) is 9.80 Å². The van der Waals surface area contributed by atoms with Gasteiger partial charge >= 0.3 is 0 Å². The lowest BCUT2D eigenvalue weighted by atomic mass is 10.1. The van der Waals surface area contributed by atoms with E-state index in [0.717, 1.165) is 51.1 Å². The number of amides is 1. The SMILES string of the molecule is COc1cc(CN2CC(C)C(N)C2)ccc1OCC(=O)N1CCCC1. The van der Waals surface area contributed by atoms with Crippen molar-refractivity contribution in [3.8, 4) is 11.5 Å². The van der Waals surface area contributed by atoms with Crippen LogP contribution in [0.1, 0.15) is 25.3 Å². The Bertz CT molecular complexity index is 592. The van der Waals surface area contributed by atoms with E-state index in [1.807, 2.05) is 23.1 Å². The number of rotatable bonds is 6. The van der Waals surface area contributed by atoms with Crippen LogP contribution < -0.4 is 15.2 Å². The standard InChI is InChI=1S/C19H29N3O3/c1-14-10-21(12-16(14)20)11-15-5-6-17(18(9-15)24-2)25-13-19(23)22-7-3-4-8-22/h5-6,9,14,16H,3-4,7-8,10-13,20H2,1-2H3. The second-order valence-electron chi connectivity index (χ2n) is 7.20. The van der Waals surface area contributed by atoms with Crippen LogP contribution in [0.25, 0.3) is 0 Å². The van der Waals surface area contributed by atoms with Crippen molar-refractivity contribution in [3.63, 3.8) is 0 Å². The van der Waals surface area contributed by atoms with Crippen molar-refractivity contribution in [2.75, 3.05) is 39.9 Å². The van der Waals surface area contributed by atoms with Gasteiger partial charge in [0.05, 0.1) is 7.11 Å². The molecule has 1 aromatic rings. The molecule has 2 saturated heterocycles. The zero-order valence-electron chi connectivity index (χ0n) is 15.2. The molecule has 6 heteroatoms. The van der Waals surface area contributed by atoms with E-state index in [4.69, 9.17) is 15.2 Å². The molecule has 0 aliphatic carbocycles. The number of likely N-dealkylation sites (tertiary alicyclic amines) is 2. The van der Waals surface area contributed by atoms with E-state index in [0.29, 0.717) is 17.4 Å². The second-order valence-corrected chi connectivity index (χ2v) is 7.20. The Morgan fingerprint density at radius 3 is 2.64 bits per heavy atom. The molecule has 0 aromatic heterocycles. The van der Waals surface area contributed by atoms with Gasteiger partial charge in [-0.3, -0.25) is 9.69 Å². The van der Waals surface area contributed by atoms with Gasteiger partial charge in [0.25, 0.3) is 5.91 Å². The number of benzene rings is 1. The number of carbonyl (C=O) groups is 1. The van der Waals surface area contributed by atoms with Gasteiger partial charge in [-0.2, -0.15) is 0 Å². The van der Waals surface area contributed by atoms with Crippen molar-refractivity contribution in [2.24, 2.45) is 11.7 Å².